The van der Waals surface area contributed by atoms with E-state index in [0.29, 0.717) is 40.2 Å². The zero-order valence-corrected chi connectivity index (χ0v) is 19.9. The van der Waals surface area contributed by atoms with Crippen molar-refractivity contribution in [3.05, 3.63) is 105 Å². The molecule has 0 atom stereocenters. The van der Waals surface area contributed by atoms with Crippen LogP contribution in [0.3, 0.4) is 0 Å². The Balaban J connectivity index is 1.32. The molecule has 7 heteroatoms. The summed E-state index contributed by atoms with van der Waals surface area (Å²) in [7, 11) is 0. The standard InChI is InChI=1S/C26H23ClN2O3S/c1-17-3-11-22(12-4-17)32-16-24-28-18(2)25(33-24)26(30)29-21-9-13-23(14-10-21)31-15-19-5-7-20(27)8-6-19/h3-14H,15-16H2,1-2H3,(H,29,30). The van der Waals surface area contributed by atoms with E-state index in [2.05, 4.69) is 10.3 Å². The maximum absolute atomic E-state index is 12.8. The van der Waals surface area contributed by atoms with Crippen molar-refractivity contribution in [3.8, 4) is 11.5 Å². The molecule has 5 nitrogen and oxygen atoms in total. The minimum absolute atomic E-state index is 0.193. The van der Waals surface area contributed by atoms with Gasteiger partial charge in [0.2, 0.25) is 0 Å². The average Bonchev–Trinajstić information content (AvgIpc) is 3.20. The largest absolute Gasteiger partial charge is 0.489 e. The molecule has 1 N–H and O–H groups in total. The molecule has 0 aliphatic rings. The van der Waals surface area contributed by atoms with Crippen molar-refractivity contribution in [3.63, 3.8) is 0 Å². The van der Waals surface area contributed by atoms with Crippen molar-refractivity contribution in [1.29, 1.82) is 0 Å². The highest BCUT2D eigenvalue weighted by Gasteiger charge is 2.16. The van der Waals surface area contributed by atoms with Crippen LogP contribution >= 0.6 is 22.9 Å². The average molecular weight is 479 g/mol. The van der Waals surface area contributed by atoms with Gasteiger partial charge in [-0.25, -0.2) is 4.98 Å². The summed E-state index contributed by atoms with van der Waals surface area (Å²) in [6.45, 7) is 4.62. The third-order valence-corrected chi connectivity index (χ3v) is 6.24. The van der Waals surface area contributed by atoms with Crippen LogP contribution in [-0.4, -0.2) is 10.9 Å². The Bertz CT molecular complexity index is 1220. The highest BCUT2D eigenvalue weighted by Crippen LogP contribution is 2.23. The number of aryl methyl sites for hydroxylation is 2. The molecule has 3 aromatic carbocycles. The first-order valence-electron chi connectivity index (χ1n) is 10.4. The van der Waals surface area contributed by atoms with E-state index in [4.69, 9.17) is 21.1 Å². The summed E-state index contributed by atoms with van der Waals surface area (Å²) >= 11 is 7.24. The van der Waals surface area contributed by atoms with Gasteiger partial charge in [0.1, 0.15) is 34.6 Å². The van der Waals surface area contributed by atoms with E-state index < -0.39 is 0 Å². The van der Waals surface area contributed by atoms with Gasteiger partial charge in [0.05, 0.1) is 5.69 Å². The van der Waals surface area contributed by atoms with Crippen LogP contribution < -0.4 is 14.8 Å². The fourth-order valence-corrected chi connectivity index (χ4v) is 4.07. The van der Waals surface area contributed by atoms with Crippen LogP contribution in [0.15, 0.2) is 72.8 Å². The number of nitrogens with one attached hydrogen (secondary N) is 1. The number of halogens is 1. The normalized spacial score (nSPS) is 10.6. The number of carbonyl (C=O) groups excluding carboxylic acids is 1. The molecule has 4 aromatic rings. The molecule has 0 bridgehead atoms. The second kappa shape index (κ2) is 10.5. The Kier molecular flexibility index (Phi) is 7.27. The van der Waals surface area contributed by atoms with E-state index in [0.717, 1.165) is 16.3 Å². The molecule has 0 saturated carbocycles. The van der Waals surface area contributed by atoms with E-state index in [1.165, 1.54) is 16.9 Å². The predicted octanol–water partition coefficient (Wildman–Crippen LogP) is 6.82. The number of thiazole rings is 1. The van der Waals surface area contributed by atoms with Gasteiger partial charge in [0.15, 0.2) is 0 Å². The zero-order valence-electron chi connectivity index (χ0n) is 18.3. The van der Waals surface area contributed by atoms with Gasteiger partial charge in [-0.3, -0.25) is 4.79 Å². The highest BCUT2D eigenvalue weighted by molar-refractivity contribution is 7.13. The summed E-state index contributed by atoms with van der Waals surface area (Å²) in [6.07, 6.45) is 0. The Morgan fingerprint density at radius 2 is 1.48 bits per heavy atom. The second-order valence-electron chi connectivity index (χ2n) is 7.52. The molecule has 1 aromatic heterocycles. The maximum atomic E-state index is 12.8. The first-order valence-corrected chi connectivity index (χ1v) is 11.6. The Hall–Kier alpha value is -3.35. The fraction of sp³-hybridized carbons (Fsp3) is 0.154. The van der Waals surface area contributed by atoms with Gasteiger partial charge < -0.3 is 14.8 Å². The Morgan fingerprint density at radius 3 is 2.15 bits per heavy atom. The van der Waals surface area contributed by atoms with Crippen LogP contribution in [0.5, 0.6) is 11.5 Å². The number of anilines is 1. The third kappa shape index (κ3) is 6.34. The van der Waals surface area contributed by atoms with Crippen LogP contribution in [-0.2, 0) is 13.2 Å². The number of hydrogen-bond donors (Lipinski definition) is 1. The number of benzene rings is 3. The third-order valence-electron chi connectivity index (χ3n) is 4.86. The van der Waals surface area contributed by atoms with Gasteiger partial charge in [-0.2, -0.15) is 0 Å². The first kappa shape index (κ1) is 22.8. The first-order chi connectivity index (χ1) is 16.0. The van der Waals surface area contributed by atoms with Crippen LogP contribution in [0.25, 0.3) is 0 Å². The molecular formula is C26H23ClN2O3S. The van der Waals surface area contributed by atoms with E-state index in [-0.39, 0.29) is 5.91 Å². The highest BCUT2D eigenvalue weighted by atomic mass is 35.5. The summed E-state index contributed by atoms with van der Waals surface area (Å²) in [5.41, 5.74) is 3.57. The van der Waals surface area contributed by atoms with Gasteiger partial charge in [-0.15, -0.1) is 11.3 Å². The lowest BCUT2D eigenvalue weighted by atomic mass is 10.2. The topological polar surface area (TPSA) is 60.5 Å². The van der Waals surface area contributed by atoms with Crippen LogP contribution in [0, 0.1) is 13.8 Å². The van der Waals surface area contributed by atoms with E-state index in [9.17, 15) is 4.79 Å². The molecule has 1 heterocycles. The molecule has 1 amide bonds. The van der Waals surface area contributed by atoms with Crippen molar-refractivity contribution < 1.29 is 14.3 Å². The molecule has 0 spiro atoms. The number of carbonyl (C=O) groups is 1. The summed E-state index contributed by atoms with van der Waals surface area (Å²) in [5.74, 6) is 1.30. The lowest BCUT2D eigenvalue weighted by molar-refractivity contribution is 0.103. The quantitative estimate of drug-likeness (QED) is 0.301. The molecule has 0 radical (unpaired) electrons. The second-order valence-corrected chi connectivity index (χ2v) is 9.04. The lowest BCUT2D eigenvalue weighted by Crippen LogP contribution is -2.11. The van der Waals surface area contributed by atoms with Crippen molar-refractivity contribution in [1.82, 2.24) is 4.98 Å². The molecule has 0 aliphatic heterocycles. The number of nitrogens with zero attached hydrogens (tertiary/aromatic N) is 1. The number of amides is 1. The summed E-state index contributed by atoms with van der Waals surface area (Å²) in [6, 6.07) is 22.6. The SMILES string of the molecule is Cc1ccc(OCc2nc(C)c(C(=O)Nc3ccc(OCc4ccc(Cl)cc4)cc3)s2)cc1. The molecule has 0 aliphatic carbocycles. The van der Waals surface area contributed by atoms with Crippen molar-refractivity contribution in [2.24, 2.45) is 0 Å². The molecule has 0 unspecified atom stereocenters. The predicted molar refractivity (Wildman–Crippen MR) is 133 cm³/mol. The van der Waals surface area contributed by atoms with Crippen LogP contribution in [0.4, 0.5) is 5.69 Å². The van der Waals surface area contributed by atoms with Crippen molar-refractivity contribution in [2.75, 3.05) is 5.32 Å². The summed E-state index contributed by atoms with van der Waals surface area (Å²) < 4.78 is 11.6. The van der Waals surface area contributed by atoms with Gasteiger partial charge in [0.25, 0.3) is 5.91 Å². The molecule has 168 valence electrons. The molecule has 0 fully saturated rings. The number of hydrogen-bond acceptors (Lipinski definition) is 5. The lowest BCUT2D eigenvalue weighted by Gasteiger charge is -2.08. The van der Waals surface area contributed by atoms with Crippen molar-refractivity contribution in [2.45, 2.75) is 27.1 Å². The minimum Gasteiger partial charge on any atom is -0.489 e. The molecule has 0 saturated heterocycles. The van der Waals surface area contributed by atoms with E-state index in [1.807, 2.05) is 86.6 Å². The van der Waals surface area contributed by atoms with Gasteiger partial charge in [-0.05, 0) is 67.9 Å². The van der Waals surface area contributed by atoms with Gasteiger partial charge in [0, 0.05) is 10.7 Å². The molecular weight excluding hydrogens is 456 g/mol. The number of ether oxygens (including phenoxy) is 2. The van der Waals surface area contributed by atoms with Crippen LogP contribution in [0.2, 0.25) is 5.02 Å². The molecule has 4 rings (SSSR count). The van der Waals surface area contributed by atoms with Gasteiger partial charge in [-0.1, -0.05) is 41.4 Å². The number of rotatable bonds is 8. The molecule has 33 heavy (non-hydrogen) atoms. The van der Waals surface area contributed by atoms with E-state index >= 15 is 0 Å². The monoisotopic (exact) mass is 478 g/mol. The Morgan fingerprint density at radius 1 is 0.879 bits per heavy atom. The Labute approximate surface area is 202 Å². The minimum atomic E-state index is -0.193. The smallest absolute Gasteiger partial charge is 0.267 e. The van der Waals surface area contributed by atoms with Gasteiger partial charge >= 0.3 is 0 Å². The zero-order chi connectivity index (χ0) is 23.2. The fourth-order valence-electron chi connectivity index (χ4n) is 3.07. The maximum Gasteiger partial charge on any atom is 0.267 e. The van der Waals surface area contributed by atoms with Crippen molar-refractivity contribution >= 4 is 34.5 Å². The van der Waals surface area contributed by atoms with E-state index in [1.54, 1.807) is 0 Å². The number of aromatic nitrogens is 1. The summed E-state index contributed by atoms with van der Waals surface area (Å²) in [5, 5.41) is 4.37. The van der Waals surface area contributed by atoms with Crippen LogP contribution in [0.1, 0.15) is 31.5 Å². The summed E-state index contributed by atoms with van der Waals surface area (Å²) in [4.78, 5) is 17.8.